The number of carbonyl (C=O) groups is 2. The molecule has 0 saturated carbocycles. The monoisotopic (exact) mass is 340 g/mol. The summed E-state index contributed by atoms with van der Waals surface area (Å²) in [4.78, 5) is 29.2. The third-order valence-corrected chi connectivity index (χ3v) is 4.54. The van der Waals surface area contributed by atoms with Crippen molar-refractivity contribution in [1.82, 2.24) is 10.3 Å². The van der Waals surface area contributed by atoms with Crippen LogP contribution in [0, 0.1) is 0 Å². The number of para-hydroxylation sites is 1. The Kier molecular flexibility index (Phi) is 4.86. The van der Waals surface area contributed by atoms with Gasteiger partial charge in [0.15, 0.2) is 6.61 Å². The number of ether oxygens (including phenoxy) is 1. The van der Waals surface area contributed by atoms with Crippen LogP contribution < -0.4 is 5.32 Å². The summed E-state index contributed by atoms with van der Waals surface area (Å²) in [5, 5.41) is 5.68. The summed E-state index contributed by atoms with van der Waals surface area (Å²) in [5.74, 6) is -0.954. The highest BCUT2D eigenvalue weighted by atomic mass is 32.1. The lowest BCUT2D eigenvalue weighted by Crippen LogP contribution is -2.30. The molecule has 0 fully saturated rings. The van der Waals surface area contributed by atoms with E-state index < -0.39 is 5.97 Å². The molecule has 0 spiro atoms. The Morgan fingerprint density at radius 3 is 2.79 bits per heavy atom. The van der Waals surface area contributed by atoms with Gasteiger partial charge in [0, 0.05) is 10.3 Å². The molecule has 0 bridgehead atoms. The van der Waals surface area contributed by atoms with Gasteiger partial charge in [-0.05, 0) is 30.5 Å². The van der Waals surface area contributed by atoms with Gasteiger partial charge in [-0.2, -0.15) is 0 Å². The molecule has 3 aromatic rings. The number of hydrogen-bond donors (Lipinski definition) is 1. The van der Waals surface area contributed by atoms with Crippen LogP contribution in [0.15, 0.2) is 53.9 Å². The molecule has 2 heterocycles. The summed E-state index contributed by atoms with van der Waals surface area (Å²) >= 11 is 1.56. The second-order valence-corrected chi connectivity index (χ2v) is 6.25. The van der Waals surface area contributed by atoms with E-state index in [2.05, 4.69) is 10.3 Å². The van der Waals surface area contributed by atoms with E-state index in [1.807, 2.05) is 48.7 Å². The Balaban J connectivity index is 1.57. The number of nitrogens with one attached hydrogen (secondary N) is 1. The van der Waals surface area contributed by atoms with Crippen molar-refractivity contribution in [2.75, 3.05) is 6.61 Å². The number of fused-ring (bicyclic) bond motifs is 1. The molecular weight excluding hydrogens is 324 g/mol. The lowest BCUT2D eigenvalue weighted by Gasteiger charge is -2.12. The summed E-state index contributed by atoms with van der Waals surface area (Å²) in [6.07, 6.45) is 0. The maximum atomic E-state index is 12.0. The number of rotatable bonds is 5. The van der Waals surface area contributed by atoms with Crippen molar-refractivity contribution < 1.29 is 14.3 Å². The van der Waals surface area contributed by atoms with Crippen molar-refractivity contribution in [3.8, 4) is 0 Å². The van der Waals surface area contributed by atoms with E-state index in [-0.39, 0.29) is 24.2 Å². The van der Waals surface area contributed by atoms with Crippen LogP contribution in [0.5, 0.6) is 0 Å². The molecule has 0 aliphatic carbocycles. The summed E-state index contributed by atoms with van der Waals surface area (Å²) in [7, 11) is 0. The molecule has 3 rings (SSSR count). The number of pyridine rings is 1. The van der Waals surface area contributed by atoms with Gasteiger partial charge in [0.25, 0.3) is 5.91 Å². The summed E-state index contributed by atoms with van der Waals surface area (Å²) < 4.78 is 5.05. The third-order valence-electron chi connectivity index (χ3n) is 3.49. The van der Waals surface area contributed by atoms with E-state index in [0.717, 1.165) is 10.3 Å². The fraction of sp³-hybridized carbons (Fsp3) is 0.167. The molecular formula is C18H16N2O3S. The number of esters is 1. The molecule has 0 aliphatic rings. The highest BCUT2D eigenvalue weighted by Gasteiger charge is 2.14. The lowest BCUT2D eigenvalue weighted by molar-refractivity contribution is -0.124. The van der Waals surface area contributed by atoms with Crippen LogP contribution in [0.3, 0.4) is 0 Å². The van der Waals surface area contributed by atoms with Crippen molar-refractivity contribution in [3.05, 3.63) is 64.5 Å². The van der Waals surface area contributed by atoms with Crippen molar-refractivity contribution in [1.29, 1.82) is 0 Å². The predicted octanol–water partition coefficient (Wildman–Crippen LogP) is 3.33. The molecule has 5 nitrogen and oxygen atoms in total. The molecule has 6 heteroatoms. The first-order valence-electron chi connectivity index (χ1n) is 7.49. The fourth-order valence-electron chi connectivity index (χ4n) is 2.28. The van der Waals surface area contributed by atoms with E-state index in [0.29, 0.717) is 5.52 Å². The van der Waals surface area contributed by atoms with E-state index in [1.54, 1.807) is 23.5 Å². The second-order valence-electron chi connectivity index (χ2n) is 5.27. The minimum absolute atomic E-state index is 0.116. The van der Waals surface area contributed by atoms with Crippen molar-refractivity contribution in [2.24, 2.45) is 0 Å². The lowest BCUT2D eigenvalue weighted by atomic mass is 10.2. The molecule has 0 unspecified atom stereocenters. The number of nitrogens with zero attached hydrogens (tertiary/aromatic N) is 1. The number of carbonyl (C=O) groups excluding carboxylic acids is 2. The summed E-state index contributed by atoms with van der Waals surface area (Å²) in [5.41, 5.74) is 0.899. The third kappa shape index (κ3) is 3.78. The minimum Gasteiger partial charge on any atom is -0.451 e. The number of thiophene rings is 1. The number of hydrogen-bond acceptors (Lipinski definition) is 5. The zero-order chi connectivity index (χ0) is 16.9. The summed E-state index contributed by atoms with van der Waals surface area (Å²) in [6.45, 7) is 1.56. The van der Waals surface area contributed by atoms with Gasteiger partial charge in [0.05, 0.1) is 11.6 Å². The van der Waals surface area contributed by atoms with Gasteiger partial charge in [-0.15, -0.1) is 11.3 Å². The molecule has 1 amide bonds. The molecule has 2 aromatic heterocycles. The van der Waals surface area contributed by atoms with E-state index in [4.69, 9.17) is 4.74 Å². The van der Waals surface area contributed by atoms with Gasteiger partial charge in [0.2, 0.25) is 0 Å². The van der Waals surface area contributed by atoms with Crippen molar-refractivity contribution in [2.45, 2.75) is 13.0 Å². The number of amides is 1. The van der Waals surface area contributed by atoms with Gasteiger partial charge < -0.3 is 10.1 Å². The average molecular weight is 340 g/mol. The van der Waals surface area contributed by atoms with E-state index in [1.165, 1.54) is 0 Å². The Hall–Kier alpha value is -2.73. The zero-order valence-corrected chi connectivity index (χ0v) is 13.9. The Morgan fingerprint density at radius 2 is 2.00 bits per heavy atom. The van der Waals surface area contributed by atoms with Gasteiger partial charge in [0.1, 0.15) is 5.69 Å². The molecule has 1 aromatic carbocycles. The molecule has 1 atom stereocenters. The SMILES string of the molecule is C[C@@H](NC(=O)COC(=O)c1ccc2ccccc2n1)c1cccs1. The highest BCUT2D eigenvalue weighted by Crippen LogP contribution is 2.18. The average Bonchev–Trinajstić information content (AvgIpc) is 3.14. The van der Waals surface area contributed by atoms with Crippen LogP contribution in [0.25, 0.3) is 10.9 Å². The standard InChI is InChI=1S/C18H16N2O3S/c1-12(16-7-4-10-24-16)19-17(21)11-23-18(22)15-9-8-13-5-2-3-6-14(13)20-15/h2-10,12H,11H2,1H3,(H,19,21)/t12-/m1/s1. The Bertz CT molecular complexity index is 862. The van der Waals surface area contributed by atoms with Crippen molar-refractivity contribution in [3.63, 3.8) is 0 Å². The van der Waals surface area contributed by atoms with Crippen LogP contribution >= 0.6 is 11.3 Å². The molecule has 1 N–H and O–H groups in total. The summed E-state index contributed by atoms with van der Waals surface area (Å²) in [6, 6.07) is 14.6. The van der Waals surface area contributed by atoms with Crippen LogP contribution in [0.1, 0.15) is 28.3 Å². The second kappa shape index (κ2) is 7.23. The first kappa shape index (κ1) is 16.1. The quantitative estimate of drug-likeness (QED) is 0.723. The van der Waals surface area contributed by atoms with Gasteiger partial charge in [-0.3, -0.25) is 4.79 Å². The number of benzene rings is 1. The minimum atomic E-state index is -0.611. The van der Waals surface area contributed by atoms with Gasteiger partial charge in [-0.1, -0.05) is 30.3 Å². The first-order chi connectivity index (χ1) is 11.6. The van der Waals surface area contributed by atoms with Gasteiger partial charge >= 0.3 is 5.97 Å². The molecule has 0 radical (unpaired) electrons. The normalized spacial score (nSPS) is 11.9. The van der Waals surface area contributed by atoms with Crippen molar-refractivity contribution >= 4 is 34.1 Å². The zero-order valence-electron chi connectivity index (χ0n) is 13.1. The predicted molar refractivity (Wildman–Crippen MR) is 92.9 cm³/mol. The highest BCUT2D eigenvalue weighted by molar-refractivity contribution is 7.10. The topological polar surface area (TPSA) is 68.3 Å². The maximum Gasteiger partial charge on any atom is 0.357 e. The van der Waals surface area contributed by atoms with Crippen LogP contribution in [-0.4, -0.2) is 23.5 Å². The number of aromatic nitrogens is 1. The van der Waals surface area contributed by atoms with Gasteiger partial charge in [-0.25, -0.2) is 9.78 Å². The van der Waals surface area contributed by atoms with E-state index >= 15 is 0 Å². The molecule has 0 aliphatic heterocycles. The molecule has 0 saturated heterocycles. The maximum absolute atomic E-state index is 12.0. The fourth-order valence-corrected chi connectivity index (χ4v) is 3.01. The van der Waals surface area contributed by atoms with Crippen LogP contribution in [0.4, 0.5) is 0 Å². The van der Waals surface area contributed by atoms with E-state index in [9.17, 15) is 9.59 Å². The molecule has 122 valence electrons. The first-order valence-corrected chi connectivity index (χ1v) is 8.37. The van der Waals surface area contributed by atoms with Crippen LogP contribution in [0.2, 0.25) is 0 Å². The Labute approximate surface area is 143 Å². The molecule has 24 heavy (non-hydrogen) atoms. The smallest absolute Gasteiger partial charge is 0.357 e. The Morgan fingerprint density at radius 1 is 1.17 bits per heavy atom. The van der Waals surface area contributed by atoms with Crippen LogP contribution in [-0.2, 0) is 9.53 Å². The largest absolute Gasteiger partial charge is 0.451 e.